The fourth-order valence-electron chi connectivity index (χ4n) is 2.70. The summed E-state index contributed by atoms with van der Waals surface area (Å²) in [6, 6.07) is 0.941. The number of rotatable bonds is 8. The number of nitrogens with one attached hydrogen (secondary N) is 1. The topological polar surface area (TPSA) is 58.4 Å². The number of primary amides is 1. The molecule has 0 heterocycles. The predicted octanol–water partition coefficient (Wildman–Crippen LogP) is 1.35. The summed E-state index contributed by atoms with van der Waals surface area (Å²) in [4.78, 5) is 14.0. The lowest BCUT2D eigenvalue weighted by Gasteiger charge is -2.37. The average molecular weight is 255 g/mol. The summed E-state index contributed by atoms with van der Waals surface area (Å²) in [6.07, 6.45) is 3.45. The third-order valence-electron chi connectivity index (χ3n) is 4.46. The van der Waals surface area contributed by atoms with Gasteiger partial charge in [0.2, 0.25) is 5.91 Å². The van der Waals surface area contributed by atoms with Crippen LogP contribution in [0.5, 0.6) is 0 Å². The van der Waals surface area contributed by atoms with Gasteiger partial charge in [0.25, 0.3) is 0 Å². The van der Waals surface area contributed by atoms with E-state index in [2.05, 4.69) is 31.1 Å². The molecule has 0 aromatic heterocycles. The van der Waals surface area contributed by atoms with Crippen molar-refractivity contribution in [1.82, 2.24) is 10.2 Å². The summed E-state index contributed by atoms with van der Waals surface area (Å²) in [5.74, 6) is 0.583. The third-order valence-corrected chi connectivity index (χ3v) is 4.46. The van der Waals surface area contributed by atoms with Gasteiger partial charge in [-0.15, -0.1) is 0 Å². The lowest BCUT2D eigenvalue weighted by atomic mass is 9.91. The van der Waals surface area contributed by atoms with Crippen LogP contribution in [-0.4, -0.2) is 42.0 Å². The summed E-state index contributed by atoms with van der Waals surface area (Å²) >= 11 is 0. The molecule has 1 rings (SSSR count). The van der Waals surface area contributed by atoms with Gasteiger partial charge in [-0.2, -0.15) is 0 Å². The Hall–Kier alpha value is -0.610. The number of nitrogens with zero attached hydrogens (tertiary/aromatic N) is 1. The monoisotopic (exact) mass is 255 g/mol. The molecule has 4 heteroatoms. The summed E-state index contributed by atoms with van der Waals surface area (Å²) in [7, 11) is 2.15. The summed E-state index contributed by atoms with van der Waals surface area (Å²) in [5, 5.41) is 3.23. The van der Waals surface area contributed by atoms with Crippen molar-refractivity contribution in [3.63, 3.8) is 0 Å². The van der Waals surface area contributed by atoms with E-state index in [1.54, 1.807) is 0 Å². The maximum Gasteiger partial charge on any atom is 0.237 e. The molecule has 1 aliphatic carbocycles. The Balaban J connectivity index is 2.59. The highest BCUT2D eigenvalue weighted by Gasteiger charge is 2.36. The van der Waals surface area contributed by atoms with Gasteiger partial charge >= 0.3 is 0 Å². The van der Waals surface area contributed by atoms with E-state index in [9.17, 15) is 4.79 Å². The van der Waals surface area contributed by atoms with E-state index in [4.69, 9.17) is 5.73 Å². The fourth-order valence-corrected chi connectivity index (χ4v) is 2.70. The minimum absolute atomic E-state index is 0.260. The molecule has 0 aromatic carbocycles. The smallest absolute Gasteiger partial charge is 0.237 e. The lowest BCUT2D eigenvalue weighted by molar-refractivity contribution is -0.124. The SMILES string of the molecule is CCNC(C)(CC(C)N(C)C(C)C1CC1)C(N)=O. The first-order valence-corrected chi connectivity index (χ1v) is 7.08. The van der Waals surface area contributed by atoms with Crippen LogP contribution in [0.2, 0.25) is 0 Å². The Labute approximate surface area is 111 Å². The van der Waals surface area contributed by atoms with Gasteiger partial charge in [-0.3, -0.25) is 4.79 Å². The van der Waals surface area contributed by atoms with Gasteiger partial charge in [0.1, 0.15) is 0 Å². The molecule has 4 nitrogen and oxygen atoms in total. The molecule has 1 amide bonds. The number of nitrogens with two attached hydrogens (primary N) is 1. The zero-order valence-electron chi connectivity index (χ0n) is 12.5. The summed E-state index contributed by atoms with van der Waals surface area (Å²) in [5.41, 5.74) is 4.93. The van der Waals surface area contributed by atoms with Crippen LogP contribution >= 0.6 is 0 Å². The zero-order valence-corrected chi connectivity index (χ0v) is 12.5. The Morgan fingerprint density at radius 3 is 2.44 bits per heavy atom. The Bertz CT molecular complexity index is 291. The zero-order chi connectivity index (χ0) is 13.9. The molecule has 1 aliphatic rings. The van der Waals surface area contributed by atoms with E-state index < -0.39 is 5.54 Å². The Morgan fingerprint density at radius 1 is 1.50 bits per heavy atom. The van der Waals surface area contributed by atoms with E-state index in [1.165, 1.54) is 12.8 Å². The molecule has 0 bridgehead atoms. The van der Waals surface area contributed by atoms with Crippen LogP contribution in [0.3, 0.4) is 0 Å². The lowest BCUT2D eigenvalue weighted by Crippen LogP contribution is -2.56. The van der Waals surface area contributed by atoms with Crippen LogP contribution in [-0.2, 0) is 4.79 Å². The summed E-state index contributed by atoms with van der Waals surface area (Å²) < 4.78 is 0. The minimum Gasteiger partial charge on any atom is -0.368 e. The molecule has 3 atom stereocenters. The molecule has 18 heavy (non-hydrogen) atoms. The van der Waals surface area contributed by atoms with Crippen molar-refractivity contribution in [2.45, 2.75) is 64.6 Å². The molecule has 1 saturated carbocycles. The number of hydrogen-bond acceptors (Lipinski definition) is 3. The van der Waals surface area contributed by atoms with Crippen molar-refractivity contribution in [2.24, 2.45) is 11.7 Å². The van der Waals surface area contributed by atoms with Gasteiger partial charge in [0, 0.05) is 12.1 Å². The Kier molecular flexibility index (Phi) is 5.17. The fraction of sp³-hybridized carbons (Fsp3) is 0.929. The highest BCUT2D eigenvalue weighted by Crippen LogP contribution is 2.35. The van der Waals surface area contributed by atoms with Crippen molar-refractivity contribution < 1.29 is 4.79 Å². The van der Waals surface area contributed by atoms with Crippen molar-refractivity contribution in [3.05, 3.63) is 0 Å². The Morgan fingerprint density at radius 2 is 2.06 bits per heavy atom. The van der Waals surface area contributed by atoms with Gasteiger partial charge in [-0.05, 0) is 59.5 Å². The highest BCUT2D eigenvalue weighted by atomic mass is 16.1. The first-order valence-electron chi connectivity index (χ1n) is 7.08. The first-order chi connectivity index (χ1) is 8.31. The maximum absolute atomic E-state index is 11.6. The second-order valence-corrected chi connectivity index (χ2v) is 6.02. The number of amides is 1. The van der Waals surface area contributed by atoms with E-state index in [0.717, 1.165) is 18.9 Å². The van der Waals surface area contributed by atoms with E-state index >= 15 is 0 Å². The molecule has 0 aliphatic heterocycles. The number of carbonyl (C=O) groups is 1. The molecule has 1 fully saturated rings. The van der Waals surface area contributed by atoms with Crippen molar-refractivity contribution in [2.75, 3.05) is 13.6 Å². The molecule has 3 unspecified atom stereocenters. The number of carbonyl (C=O) groups excluding carboxylic acids is 1. The van der Waals surface area contributed by atoms with E-state index in [-0.39, 0.29) is 5.91 Å². The molecule has 3 N–H and O–H groups in total. The van der Waals surface area contributed by atoms with Crippen LogP contribution in [0.1, 0.15) is 47.0 Å². The van der Waals surface area contributed by atoms with Gasteiger partial charge in [0.15, 0.2) is 0 Å². The summed E-state index contributed by atoms with van der Waals surface area (Å²) in [6.45, 7) is 9.13. The average Bonchev–Trinajstić information content (AvgIpc) is 3.10. The second-order valence-electron chi connectivity index (χ2n) is 6.02. The van der Waals surface area contributed by atoms with Crippen molar-refractivity contribution >= 4 is 5.91 Å². The first kappa shape index (κ1) is 15.4. The quantitative estimate of drug-likeness (QED) is 0.688. The maximum atomic E-state index is 11.6. The molecule has 0 radical (unpaired) electrons. The molecule has 0 spiro atoms. The number of hydrogen-bond donors (Lipinski definition) is 2. The predicted molar refractivity (Wildman–Crippen MR) is 75.3 cm³/mol. The van der Waals surface area contributed by atoms with Crippen LogP contribution in [0.4, 0.5) is 0 Å². The standard InChI is InChI=1S/C14H29N3O/c1-6-16-14(4,13(15)18)9-10(2)17(5)11(3)12-7-8-12/h10-12,16H,6-9H2,1-5H3,(H2,15,18). The van der Waals surface area contributed by atoms with Crippen LogP contribution < -0.4 is 11.1 Å². The highest BCUT2D eigenvalue weighted by molar-refractivity contribution is 5.84. The van der Waals surface area contributed by atoms with E-state index in [0.29, 0.717) is 12.1 Å². The normalized spacial score (nSPS) is 22.6. The molecule has 0 aromatic rings. The minimum atomic E-state index is -0.605. The second kappa shape index (κ2) is 6.02. The van der Waals surface area contributed by atoms with Crippen molar-refractivity contribution in [3.8, 4) is 0 Å². The van der Waals surface area contributed by atoms with Crippen LogP contribution in [0.15, 0.2) is 0 Å². The van der Waals surface area contributed by atoms with Crippen LogP contribution in [0, 0.1) is 5.92 Å². The van der Waals surface area contributed by atoms with Gasteiger partial charge in [-0.25, -0.2) is 0 Å². The van der Waals surface area contributed by atoms with Gasteiger partial charge in [-0.1, -0.05) is 6.92 Å². The number of likely N-dealkylation sites (N-methyl/N-ethyl adjacent to an activating group) is 1. The van der Waals surface area contributed by atoms with E-state index in [1.807, 2.05) is 13.8 Å². The molecule has 0 saturated heterocycles. The van der Waals surface area contributed by atoms with Gasteiger partial charge in [0.05, 0.1) is 5.54 Å². The molecular formula is C14H29N3O. The largest absolute Gasteiger partial charge is 0.368 e. The third kappa shape index (κ3) is 3.69. The molecule has 106 valence electrons. The van der Waals surface area contributed by atoms with Crippen LogP contribution in [0.25, 0.3) is 0 Å². The van der Waals surface area contributed by atoms with Gasteiger partial charge < -0.3 is 16.0 Å². The van der Waals surface area contributed by atoms with Crippen molar-refractivity contribution in [1.29, 1.82) is 0 Å². The molecular weight excluding hydrogens is 226 g/mol.